The summed E-state index contributed by atoms with van der Waals surface area (Å²) in [5, 5.41) is 11.9. The van der Waals surface area contributed by atoms with Crippen molar-refractivity contribution in [2.24, 2.45) is 11.8 Å². The normalized spacial score (nSPS) is 21.5. The standard InChI is InChI=1S/C15H18BrFN2O3/c1-9-4-11(14(20)21)8-19(7-9)15(22)18-6-10-2-3-12(17)5-13(10)16/h2-3,5,9,11H,4,6-8H2,1H3,(H,18,22)(H,20,21). The molecule has 7 heteroatoms. The molecule has 2 amide bonds. The Morgan fingerprint density at radius 3 is 2.82 bits per heavy atom. The molecule has 0 saturated carbocycles. The summed E-state index contributed by atoms with van der Waals surface area (Å²) in [6, 6.07) is 3.97. The molecule has 1 fully saturated rings. The minimum absolute atomic E-state index is 0.151. The second-order valence-electron chi connectivity index (χ2n) is 5.68. The number of hydrogen-bond acceptors (Lipinski definition) is 2. The summed E-state index contributed by atoms with van der Waals surface area (Å²) in [5.41, 5.74) is 0.759. The Morgan fingerprint density at radius 1 is 1.45 bits per heavy atom. The highest BCUT2D eigenvalue weighted by atomic mass is 79.9. The molecule has 2 N–H and O–H groups in total. The lowest BCUT2D eigenvalue weighted by atomic mass is 9.91. The number of likely N-dealkylation sites (tertiary alicyclic amines) is 1. The van der Waals surface area contributed by atoms with Crippen molar-refractivity contribution < 1.29 is 19.1 Å². The molecule has 0 aliphatic carbocycles. The van der Waals surface area contributed by atoms with Crippen LogP contribution in [0.2, 0.25) is 0 Å². The Kier molecular flexibility index (Phi) is 5.39. The molecule has 0 bridgehead atoms. The first-order valence-electron chi connectivity index (χ1n) is 7.06. The third-order valence-electron chi connectivity index (χ3n) is 3.74. The van der Waals surface area contributed by atoms with Gasteiger partial charge in [0, 0.05) is 24.1 Å². The van der Waals surface area contributed by atoms with Crippen LogP contribution in [0.5, 0.6) is 0 Å². The smallest absolute Gasteiger partial charge is 0.317 e. The maximum Gasteiger partial charge on any atom is 0.317 e. The summed E-state index contributed by atoms with van der Waals surface area (Å²) in [7, 11) is 0. The van der Waals surface area contributed by atoms with E-state index < -0.39 is 11.9 Å². The van der Waals surface area contributed by atoms with Crippen LogP contribution in [0.3, 0.4) is 0 Å². The minimum Gasteiger partial charge on any atom is -0.481 e. The van der Waals surface area contributed by atoms with Crippen LogP contribution in [0, 0.1) is 17.7 Å². The molecule has 5 nitrogen and oxygen atoms in total. The lowest BCUT2D eigenvalue weighted by Gasteiger charge is -2.34. The van der Waals surface area contributed by atoms with Gasteiger partial charge in [-0.2, -0.15) is 0 Å². The molecular weight excluding hydrogens is 355 g/mol. The van der Waals surface area contributed by atoms with Crippen LogP contribution in [-0.2, 0) is 11.3 Å². The van der Waals surface area contributed by atoms with Gasteiger partial charge in [-0.15, -0.1) is 0 Å². The van der Waals surface area contributed by atoms with E-state index in [9.17, 15) is 14.0 Å². The molecule has 2 unspecified atom stereocenters. The van der Waals surface area contributed by atoms with Gasteiger partial charge >= 0.3 is 12.0 Å². The van der Waals surface area contributed by atoms with Crippen LogP contribution in [0.4, 0.5) is 9.18 Å². The average molecular weight is 373 g/mol. The van der Waals surface area contributed by atoms with E-state index in [4.69, 9.17) is 5.11 Å². The highest BCUT2D eigenvalue weighted by molar-refractivity contribution is 9.10. The van der Waals surface area contributed by atoms with Crippen molar-refractivity contribution in [1.82, 2.24) is 10.2 Å². The fraction of sp³-hybridized carbons (Fsp3) is 0.467. The molecule has 2 rings (SSSR count). The minimum atomic E-state index is -0.870. The summed E-state index contributed by atoms with van der Waals surface area (Å²) in [4.78, 5) is 24.9. The van der Waals surface area contributed by atoms with Crippen LogP contribution in [-0.4, -0.2) is 35.1 Å². The second-order valence-corrected chi connectivity index (χ2v) is 6.53. The Morgan fingerprint density at radius 2 is 2.18 bits per heavy atom. The van der Waals surface area contributed by atoms with E-state index in [-0.39, 0.29) is 30.9 Å². The Bertz CT molecular complexity index is 582. The number of carbonyl (C=O) groups excluding carboxylic acids is 1. The van der Waals surface area contributed by atoms with E-state index >= 15 is 0 Å². The molecule has 1 aromatic carbocycles. The maximum atomic E-state index is 13.0. The number of urea groups is 1. The fourth-order valence-electron chi connectivity index (χ4n) is 2.64. The predicted octanol–water partition coefficient (Wildman–Crippen LogP) is 2.84. The topological polar surface area (TPSA) is 69.6 Å². The van der Waals surface area contributed by atoms with Crippen molar-refractivity contribution in [3.63, 3.8) is 0 Å². The van der Waals surface area contributed by atoms with Crippen molar-refractivity contribution in [3.8, 4) is 0 Å². The zero-order valence-corrected chi connectivity index (χ0v) is 13.8. The molecule has 22 heavy (non-hydrogen) atoms. The van der Waals surface area contributed by atoms with Crippen LogP contribution in [0.1, 0.15) is 18.9 Å². The van der Waals surface area contributed by atoms with Gasteiger partial charge in [-0.1, -0.05) is 28.9 Å². The van der Waals surface area contributed by atoms with E-state index in [1.54, 1.807) is 6.07 Å². The number of nitrogens with one attached hydrogen (secondary N) is 1. The number of carboxylic acids is 1. The van der Waals surface area contributed by atoms with Gasteiger partial charge in [0.1, 0.15) is 5.82 Å². The molecule has 1 heterocycles. The summed E-state index contributed by atoms with van der Waals surface area (Å²) < 4.78 is 13.6. The number of benzene rings is 1. The molecule has 120 valence electrons. The molecule has 1 aliphatic rings. The first-order chi connectivity index (χ1) is 10.4. The Labute approximate surface area is 136 Å². The number of amides is 2. The van der Waals surface area contributed by atoms with Gasteiger partial charge in [0.15, 0.2) is 0 Å². The largest absolute Gasteiger partial charge is 0.481 e. The molecule has 1 saturated heterocycles. The fourth-order valence-corrected chi connectivity index (χ4v) is 3.14. The zero-order chi connectivity index (χ0) is 16.3. The SMILES string of the molecule is CC1CC(C(=O)O)CN(C(=O)NCc2ccc(F)cc2Br)C1. The van der Waals surface area contributed by atoms with Crippen molar-refractivity contribution >= 4 is 27.9 Å². The molecule has 0 spiro atoms. The van der Waals surface area contributed by atoms with Crippen LogP contribution < -0.4 is 5.32 Å². The van der Waals surface area contributed by atoms with Gasteiger partial charge in [-0.25, -0.2) is 9.18 Å². The molecule has 2 atom stereocenters. The molecule has 1 aromatic rings. The third-order valence-corrected chi connectivity index (χ3v) is 4.48. The highest BCUT2D eigenvalue weighted by Crippen LogP contribution is 2.22. The number of carbonyl (C=O) groups is 2. The summed E-state index contributed by atoms with van der Waals surface area (Å²) in [5.74, 6) is -1.59. The lowest BCUT2D eigenvalue weighted by molar-refractivity contribution is -0.143. The summed E-state index contributed by atoms with van der Waals surface area (Å²) in [6.45, 7) is 2.95. The molecule has 0 radical (unpaired) electrons. The third kappa shape index (κ3) is 4.19. The van der Waals surface area contributed by atoms with Gasteiger partial charge in [-0.3, -0.25) is 4.79 Å². The van der Waals surface area contributed by atoms with Crippen molar-refractivity contribution in [1.29, 1.82) is 0 Å². The van der Waals surface area contributed by atoms with Gasteiger partial charge in [0.25, 0.3) is 0 Å². The Hall–Kier alpha value is -1.63. The van der Waals surface area contributed by atoms with Crippen LogP contribution >= 0.6 is 15.9 Å². The summed E-state index contributed by atoms with van der Waals surface area (Å²) in [6.07, 6.45) is 0.586. The number of halogens is 2. The van der Waals surface area contributed by atoms with Gasteiger partial charge < -0.3 is 15.3 Å². The number of piperidine rings is 1. The number of nitrogens with zero attached hydrogens (tertiary/aromatic N) is 1. The van der Waals surface area contributed by atoms with Gasteiger partial charge in [0.05, 0.1) is 5.92 Å². The van der Waals surface area contributed by atoms with E-state index in [0.29, 0.717) is 17.4 Å². The monoisotopic (exact) mass is 372 g/mol. The van der Waals surface area contributed by atoms with Crippen LogP contribution in [0.25, 0.3) is 0 Å². The van der Waals surface area contributed by atoms with E-state index in [1.807, 2.05) is 6.92 Å². The predicted molar refractivity (Wildman–Crippen MR) is 82.8 cm³/mol. The quantitative estimate of drug-likeness (QED) is 0.856. The number of hydrogen-bond donors (Lipinski definition) is 2. The zero-order valence-electron chi connectivity index (χ0n) is 12.2. The highest BCUT2D eigenvalue weighted by Gasteiger charge is 2.31. The number of carboxylic acid groups (broad SMARTS) is 1. The van der Waals surface area contributed by atoms with Crippen molar-refractivity contribution in [2.45, 2.75) is 19.9 Å². The number of rotatable bonds is 3. The second kappa shape index (κ2) is 7.09. The van der Waals surface area contributed by atoms with Gasteiger partial charge in [0.2, 0.25) is 0 Å². The number of aliphatic carboxylic acids is 1. The van der Waals surface area contributed by atoms with E-state index in [0.717, 1.165) is 5.56 Å². The van der Waals surface area contributed by atoms with Crippen molar-refractivity contribution in [3.05, 3.63) is 34.1 Å². The van der Waals surface area contributed by atoms with E-state index in [1.165, 1.54) is 17.0 Å². The van der Waals surface area contributed by atoms with Crippen molar-refractivity contribution in [2.75, 3.05) is 13.1 Å². The Balaban J connectivity index is 1.95. The first-order valence-corrected chi connectivity index (χ1v) is 7.85. The van der Waals surface area contributed by atoms with Crippen LogP contribution in [0.15, 0.2) is 22.7 Å². The molecular formula is C15H18BrFN2O3. The maximum absolute atomic E-state index is 13.0. The first kappa shape index (κ1) is 16.7. The van der Waals surface area contributed by atoms with Gasteiger partial charge in [-0.05, 0) is 30.0 Å². The molecule has 1 aliphatic heterocycles. The average Bonchev–Trinajstić information content (AvgIpc) is 2.45. The lowest BCUT2D eigenvalue weighted by Crippen LogP contribution is -2.49. The summed E-state index contributed by atoms with van der Waals surface area (Å²) >= 11 is 3.25. The molecule has 0 aromatic heterocycles. The van der Waals surface area contributed by atoms with E-state index in [2.05, 4.69) is 21.2 Å².